The van der Waals surface area contributed by atoms with E-state index in [4.69, 9.17) is 19.7 Å². The van der Waals surface area contributed by atoms with Gasteiger partial charge in [-0.2, -0.15) is 0 Å². The normalized spacial score (nSPS) is 12.4. The zero-order chi connectivity index (χ0) is 10.9. The standard InChI is InChI=1S/C11H16O4/c12-8-10(13)9-14-6-7-15-11-4-2-1-3-5-11/h1-5,10,12-13H,6-9H2/t10-/m1/s1. The number of benzene rings is 1. The molecule has 0 saturated carbocycles. The second-order valence-electron chi connectivity index (χ2n) is 3.07. The van der Waals surface area contributed by atoms with Crippen molar-refractivity contribution in [2.75, 3.05) is 26.4 Å². The number of aliphatic hydroxyl groups is 2. The Bertz CT molecular complexity index is 250. The molecular formula is C11H16O4. The fourth-order valence-electron chi connectivity index (χ4n) is 1.01. The van der Waals surface area contributed by atoms with Gasteiger partial charge < -0.3 is 19.7 Å². The topological polar surface area (TPSA) is 58.9 Å². The maximum absolute atomic E-state index is 8.96. The molecule has 0 aromatic heterocycles. The summed E-state index contributed by atoms with van der Waals surface area (Å²) in [4.78, 5) is 0. The van der Waals surface area contributed by atoms with Gasteiger partial charge >= 0.3 is 0 Å². The Balaban J connectivity index is 2.03. The molecule has 15 heavy (non-hydrogen) atoms. The van der Waals surface area contributed by atoms with Crippen molar-refractivity contribution in [3.05, 3.63) is 30.3 Å². The molecule has 0 aliphatic rings. The number of ether oxygens (including phenoxy) is 2. The van der Waals surface area contributed by atoms with E-state index in [2.05, 4.69) is 0 Å². The Hall–Kier alpha value is -1.10. The largest absolute Gasteiger partial charge is 0.491 e. The highest BCUT2D eigenvalue weighted by Crippen LogP contribution is 2.07. The Morgan fingerprint density at radius 3 is 2.53 bits per heavy atom. The van der Waals surface area contributed by atoms with Gasteiger partial charge in [-0.25, -0.2) is 0 Å². The van der Waals surface area contributed by atoms with E-state index in [0.717, 1.165) is 5.75 Å². The van der Waals surface area contributed by atoms with E-state index in [9.17, 15) is 0 Å². The van der Waals surface area contributed by atoms with Crippen molar-refractivity contribution in [1.82, 2.24) is 0 Å². The smallest absolute Gasteiger partial charge is 0.119 e. The Labute approximate surface area is 89.1 Å². The summed E-state index contributed by atoms with van der Waals surface area (Å²) in [5.74, 6) is 0.795. The first-order valence-corrected chi connectivity index (χ1v) is 4.87. The Morgan fingerprint density at radius 1 is 1.13 bits per heavy atom. The van der Waals surface area contributed by atoms with Gasteiger partial charge in [-0.15, -0.1) is 0 Å². The van der Waals surface area contributed by atoms with Crippen molar-refractivity contribution >= 4 is 0 Å². The van der Waals surface area contributed by atoms with Gasteiger partial charge in [0.05, 0.1) is 19.8 Å². The molecule has 0 amide bonds. The molecule has 0 aliphatic heterocycles. The van der Waals surface area contributed by atoms with Gasteiger partial charge in [0.2, 0.25) is 0 Å². The van der Waals surface area contributed by atoms with Crippen molar-refractivity contribution in [3.8, 4) is 5.75 Å². The van der Waals surface area contributed by atoms with Crippen LogP contribution < -0.4 is 4.74 Å². The summed E-state index contributed by atoms with van der Waals surface area (Å²) in [5.41, 5.74) is 0. The molecular weight excluding hydrogens is 196 g/mol. The van der Waals surface area contributed by atoms with E-state index in [-0.39, 0.29) is 13.2 Å². The zero-order valence-corrected chi connectivity index (χ0v) is 8.50. The van der Waals surface area contributed by atoms with Crippen LogP contribution in [0.5, 0.6) is 5.75 Å². The molecule has 1 atom stereocenters. The lowest BCUT2D eigenvalue weighted by Crippen LogP contribution is -2.21. The maximum atomic E-state index is 8.96. The number of aliphatic hydroxyl groups excluding tert-OH is 2. The lowest BCUT2D eigenvalue weighted by atomic mass is 10.3. The Morgan fingerprint density at radius 2 is 1.87 bits per heavy atom. The fourth-order valence-corrected chi connectivity index (χ4v) is 1.01. The van der Waals surface area contributed by atoms with Gasteiger partial charge in [0.15, 0.2) is 0 Å². The Kier molecular flexibility index (Phi) is 5.77. The molecule has 1 rings (SSSR count). The van der Waals surface area contributed by atoms with Gasteiger partial charge in [0.25, 0.3) is 0 Å². The second-order valence-corrected chi connectivity index (χ2v) is 3.07. The molecule has 2 N–H and O–H groups in total. The van der Waals surface area contributed by atoms with E-state index in [1.54, 1.807) is 0 Å². The number of para-hydroxylation sites is 1. The van der Waals surface area contributed by atoms with Crippen LogP contribution in [0.3, 0.4) is 0 Å². The van der Waals surface area contributed by atoms with Gasteiger partial charge in [-0.3, -0.25) is 0 Å². The van der Waals surface area contributed by atoms with Crippen molar-refractivity contribution in [1.29, 1.82) is 0 Å². The first-order valence-electron chi connectivity index (χ1n) is 4.87. The molecule has 0 unspecified atom stereocenters. The van der Waals surface area contributed by atoms with E-state index in [1.165, 1.54) is 0 Å². The molecule has 0 saturated heterocycles. The van der Waals surface area contributed by atoms with Gasteiger partial charge in [0, 0.05) is 0 Å². The van der Waals surface area contributed by atoms with Gasteiger partial charge in [0.1, 0.15) is 18.5 Å². The molecule has 0 bridgehead atoms. The van der Waals surface area contributed by atoms with E-state index in [1.807, 2.05) is 30.3 Å². The first-order chi connectivity index (χ1) is 7.33. The van der Waals surface area contributed by atoms with E-state index >= 15 is 0 Å². The molecule has 1 aromatic carbocycles. The summed E-state index contributed by atoms with van der Waals surface area (Å²) in [7, 11) is 0. The van der Waals surface area contributed by atoms with Crippen molar-refractivity contribution < 1.29 is 19.7 Å². The molecule has 84 valence electrons. The minimum atomic E-state index is -0.804. The van der Waals surface area contributed by atoms with Crippen molar-refractivity contribution in [2.24, 2.45) is 0 Å². The van der Waals surface area contributed by atoms with Gasteiger partial charge in [-0.1, -0.05) is 18.2 Å². The monoisotopic (exact) mass is 212 g/mol. The number of hydrogen-bond acceptors (Lipinski definition) is 4. The van der Waals surface area contributed by atoms with Crippen LogP contribution in [0, 0.1) is 0 Å². The second kappa shape index (κ2) is 7.23. The minimum absolute atomic E-state index is 0.134. The quantitative estimate of drug-likeness (QED) is 0.644. The summed E-state index contributed by atoms with van der Waals surface area (Å²) in [6.07, 6.45) is -0.804. The molecule has 0 radical (unpaired) electrons. The SMILES string of the molecule is OC[C@@H](O)COCCOc1ccccc1. The third kappa shape index (κ3) is 5.37. The highest BCUT2D eigenvalue weighted by molar-refractivity contribution is 5.20. The van der Waals surface area contributed by atoms with E-state index in [0.29, 0.717) is 13.2 Å². The summed E-state index contributed by atoms with van der Waals surface area (Å²) in [6.45, 7) is 0.683. The summed E-state index contributed by atoms with van der Waals surface area (Å²) >= 11 is 0. The number of rotatable bonds is 7. The van der Waals surface area contributed by atoms with Crippen LogP contribution in [0.25, 0.3) is 0 Å². The van der Waals surface area contributed by atoms with Crippen LogP contribution >= 0.6 is 0 Å². The highest BCUT2D eigenvalue weighted by Gasteiger charge is 2.00. The van der Waals surface area contributed by atoms with Crippen LogP contribution in [0.1, 0.15) is 0 Å². The molecule has 4 heteroatoms. The average molecular weight is 212 g/mol. The lowest BCUT2D eigenvalue weighted by Gasteiger charge is -2.09. The zero-order valence-electron chi connectivity index (χ0n) is 8.50. The highest BCUT2D eigenvalue weighted by atomic mass is 16.5. The summed E-state index contributed by atoms with van der Waals surface area (Å²) < 4.78 is 10.4. The van der Waals surface area contributed by atoms with Crippen molar-refractivity contribution in [3.63, 3.8) is 0 Å². The third-order valence-corrected chi connectivity index (χ3v) is 1.76. The number of hydrogen-bond donors (Lipinski definition) is 2. The fraction of sp³-hybridized carbons (Fsp3) is 0.455. The van der Waals surface area contributed by atoms with Crippen LogP contribution in [-0.2, 0) is 4.74 Å². The van der Waals surface area contributed by atoms with Gasteiger partial charge in [-0.05, 0) is 12.1 Å². The predicted molar refractivity (Wildman–Crippen MR) is 55.8 cm³/mol. The summed E-state index contributed by atoms with van der Waals surface area (Å²) in [6, 6.07) is 9.43. The van der Waals surface area contributed by atoms with Crippen LogP contribution in [0.2, 0.25) is 0 Å². The average Bonchev–Trinajstić information content (AvgIpc) is 2.29. The molecule has 0 aliphatic carbocycles. The van der Waals surface area contributed by atoms with Crippen molar-refractivity contribution in [2.45, 2.75) is 6.10 Å². The molecule has 4 nitrogen and oxygen atoms in total. The molecule has 1 aromatic rings. The van der Waals surface area contributed by atoms with Crippen LogP contribution in [0.15, 0.2) is 30.3 Å². The predicted octanol–water partition coefficient (Wildman–Crippen LogP) is 0.435. The lowest BCUT2D eigenvalue weighted by molar-refractivity contribution is -0.00138. The first kappa shape index (κ1) is 12.0. The van der Waals surface area contributed by atoms with Crippen LogP contribution in [0.4, 0.5) is 0 Å². The molecule has 0 fully saturated rings. The molecule has 0 spiro atoms. The van der Waals surface area contributed by atoms with Crippen LogP contribution in [-0.4, -0.2) is 42.7 Å². The van der Waals surface area contributed by atoms with E-state index < -0.39 is 6.10 Å². The third-order valence-electron chi connectivity index (χ3n) is 1.76. The maximum Gasteiger partial charge on any atom is 0.119 e. The molecule has 0 heterocycles. The minimum Gasteiger partial charge on any atom is -0.491 e. The summed E-state index contributed by atoms with van der Waals surface area (Å²) in [5, 5.41) is 17.5.